The monoisotopic (exact) mass is 250 g/mol. The molecule has 0 N–H and O–H groups in total. The first-order valence-electron chi connectivity index (χ1n) is 5.78. The van der Waals surface area contributed by atoms with Gasteiger partial charge in [-0.05, 0) is 19.8 Å². The maximum atomic E-state index is 12.0. The highest BCUT2D eigenvalue weighted by Crippen LogP contribution is 2.51. The molecule has 1 aliphatic rings. The lowest BCUT2D eigenvalue weighted by molar-refractivity contribution is 0.0516. The first-order valence-corrected chi connectivity index (χ1v) is 6.60. The van der Waals surface area contributed by atoms with E-state index in [1.165, 1.54) is 0 Å². The molecule has 1 saturated carbocycles. The van der Waals surface area contributed by atoms with Crippen molar-refractivity contribution < 1.29 is 9.53 Å². The summed E-state index contributed by atoms with van der Waals surface area (Å²) in [7, 11) is 0. The van der Waals surface area contributed by atoms with Crippen LogP contribution in [0.15, 0.2) is 12.5 Å². The molecule has 1 aliphatic carbocycles. The van der Waals surface area contributed by atoms with Crippen LogP contribution in [0.4, 0.5) is 0 Å². The Kier molecular flexibility index (Phi) is 2.26. The standard InChI is InChI=1S/C12H14N2O2S/c1-3-16-11(15)9-10(12(2)4-5-12)17-8-6-13-7-14(8)9/h6-7H,3-5H2,1-2H3. The second-order valence-electron chi connectivity index (χ2n) is 4.66. The van der Waals surface area contributed by atoms with E-state index >= 15 is 0 Å². The zero-order valence-corrected chi connectivity index (χ0v) is 10.7. The van der Waals surface area contributed by atoms with Crippen molar-refractivity contribution in [2.75, 3.05) is 6.61 Å². The van der Waals surface area contributed by atoms with Gasteiger partial charge >= 0.3 is 5.97 Å². The fourth-order valence-electron chi connectivity index (χ4n) is 2.00. The third-order valence-electron chi connectivity index (χ3n) is 3.28. The first kappa shape index (κ1) is 10.8. The van der Waals surface area contributed by atoms with Crippen molar-refractivity contribution in [3.8, 4) is 0 Å². The summed E-state index contributed by atoms with van der Waals surface area (Å²) in [6, 6.07) is 0. The minimum absolute atomic E-state index is 0.172. The molecule has 0 saturated heterocycles. The van der Waals surface area contributed by atoms with Gasteiger partial charge in [-0.1, -0.05) is 6.92 Å². The van der Waals surface area contributed by atoms with E-state index in [4.69, 9.17) is 4.74 Å². The number of carbonyl (C=O) groups is 1. The van der Waals surface area contributed by atoms with Crippen molar-refractivity contribution in [2.45, 2.75) is 32.1 Å². The Labute approximate surface area is 103 Å². The summed E-state index contributed by atoms with van der Waals surface area (Å²) in [5, 5.41) is 0. The van der Waals surface area contributed by atoms with Gasteiger partial charge < -0.3 is 4.74 Å². The van der Waals surface area contributed by atoms with Crippen molar-refractivity contribution in [3.63, 3.8) is 0 Å². The van der Waals surface area contributed by atoms with Crippen molar-refractivity contribution in [1.82, 2.24) is 9.38 Å². The predicted molar refractivity (Wildman–Crippen MR) is 65.6 cm³/mol. The average molecular weight is 250 g/mol. The number of fused-ring (bicyclic) bond motifs is 1. The minimum atomic E-state index is -0.236. The van der Waals surface area contributed by atoms with E-state index in [1.54, 1.807) is 23.9 Å². The minimum Gasteiger partial charge on any atom is -0.461 e. The largest absolute Gasteiger partial charge is 0.461 e. The zero-order valence-electron chi connectivity index (χ0n) is 9.90. The molecule has 0 amide bonds. The molecule has 1 fully saturated rings. The normalized spacial score (nSPS) is 17.3. The molecular weight excluding hydrogens is 236 g/mol. The van der Waals surface area contributed by atoms with Gasteiger partial charge in [0.25, 0.3) is 0 Å². The van der Waals surface area contributed by atoms with Gasteiger partial charge in [-0.25, -0.2) is 9.78 Å². The molecule has 90 valence electrons. The molecule has 2 aromatic rings. The number of hydrogen-bond acceptors (Lipinski definition) is 4. The molecule has 0 bridgehead atoms. The molecule has 0 aromatic carbocycles. The SMILES string of the molecule is CCOC(=O)c1c(C2(C)CC2)sc2cncn12. The smallest absolute Gasteiger partial charge is 0.356 e. The maximum Gasteiger partial charge on any atom is 0.356 e. The number of thiazole rings is 1. The van der Waals surface area contributed by atoms with Gasteiger partial charge in [0.15, 0.2) is 0 Å². The van der Waals surface area contributed by atoms with Crippen LogP contribution in [0.3, 0.4) is 0 Å². The van der Waals surface area contributed by atoms with E-state index in [-0.39, 0.29) is 11.4 Å². The fraction of sp³-hybridized carbons (Fsp3) is 0.500. The summed E-state index contributed by atoms with van der Waals surface area (Å²) in [5.41, 5.74) is 0.843. The fourth-order valence-corrected chi connectivity index (χ4v) is 3.29. The first-order chi connectivity index (χ1) is 8.15. The van der Waals surface area contributed by atoms with Gasteiger partial charge in [0.1, 0.15) is 16.9 Å². The molecule has 0 atom stereocenters. The number of esters is 1. The van der Waals surface area contributed by atoms with Crippen molar-refractivity contribution in [1.29, 1.82) is 0 Å². The maximum absolute atomic E-state index is 12.0. The number of rotatable bonds is 3. The van der Waals surface area contributed by atoms with Crippen LogP contribution < -0.4 is 0 Å². The Balaban J connectivity index is 2.17. The van der Waals surface area contributed by atoms with Gasteiger partial charge in [-0.2, -0.15) is 0 Å². The lowest BCUT2D eigenvalue weighted by atomic mass is 10.1. The zero-order chi connectivity index (χ0) is 12.0. The highest BCUT2D eigenvalue weighted by molar-refractivity contribution is 7.18. The Bertz CT molecular complexity index is 580. The van der Waals surface area contributed by atoms with Crippen molar-refractivity contribution in [2.24, 2.45) is 0 Å². The third kappa shape index (κ3) is 1.57. The van der Waals surface area contributed by atoms with Gasteiger partial charge in [-0.15, -0.1) is 11.3 Å². The molecule has 17 heavy (non-hydrogen) atoms. The van der Waals surface area contributed by atoms with Crippen LogP contribution in [0.5, 0.6) is 0 Å². The van der Waals surface area contributed by atoms with Crippen LogP contribution in [-0.4, -0.2) is 22.0 Å². The molecule has 4 nitrogen and oxygen atoms in total. The number of imidazole rings is 1. The molecule has 2 heterocycles. The Morgan fingerprint density at radius 1 is 1.65 bits per heavy atom. The van der Waals surface area contributed by atoms with Crippen molar-refractivity contribution in [3.05, 3.63) is 23.1 Å². The number of aromatic nitrogens is 2. The van der Waals surface area contributed by atoms with Crippen LogP contribution in [0.2, 0.25) is 0 Å². The summed E-state index contributed by atoms with van der Waals surface area (Å²) >= 11 is 1.65. The number of ether oxygens (including phenoxy) is 1. The molecule has 0 unspecified atom stereocenters. The van der Waals surface area contributed by atoms with Crippen LogP contribution in [0.1, 0.15) is 42.1 Å². The highest BCUT2D eigenvalue weighted by atomic mass is 32.1. The van der Waals surface area contributed by atoms with Gasteiger partial charge in [0, 0.05) is 10.3 Å². The van der Waals surface area contributed by atoms with Gasteiger partial charge in [0.2, 0.25) is 0 Å². The van der Waals surface area contributed by atoms with Crippen LogP contribution in [0, 0.1) is 0 Å². The Morgan fingerprint density at radius 2 is 2.41 bits per heavy atom. The molecule has 0 aliphatic heterocycles. The molecule has 3 rings (SSSR count). The van der Waals surface area contributed by atoms with Gasteiger partial charge in [-0.3, -0.25) is 4.40 Å². The third-order valence-corrected chi connectivity index (χ3v) is 4.69. The molecular formula is C12H14N2O2S. The lowest BCUT2D eigenvalue weighted by Crippen LogP contribution is -2.13. The summed E-state index contributed by atoms with van der Waals surface area (Å²) in [6.07, 6.45) is 5.78. The second kappa shape index (κ2) is 3.57. The Morgan fingerprint density at radius 3 is 3.06 bits per heavy atom. The average Bonchev–Trinajstić information content (AvgIpc) is 2.76. The topological polar surface area (TPSA) is 43.6 Å². The van der Waals surface area contributed by atoms with Gasteiger partial charge in [0.05, 0.1) is 12.8 Å². The van der Waals surface area contributed by atoms with E-state index < -0.39 is 0 Å². The second-order valence-corrected chi connectivity index (χ2v) is 5.69. The molecule has 0 radical (unpaired) electrons. The summed E-state index contributed by atoms with van der Waals surface area (Å²) in [6.45, 7) is 4.43. The predicted octanol–water partition coefficient (Wildman–Crippen LogP) is 2.62. The van der Waals surface area contributed by atoms with Crippen molar-refractivity contribution >= 4 is 22.1 Å². The van der Waals surface area contributed by atoms with E-state index in [9.17, 15) is 4.79 Å². The van der Waals surface area contributed by atoms with E-state index in [2.05, 4.69) is 11.9 Å². The number of nitrogens with zero attached hydrogens (tertiary/aromatic N) is 2. The Hall–Kier alpha value is -1.36. The summed E-state index contributed by atoms with van der Waals surface area (Å²) < 4.78 is 7.00. The van der Waals surface area contributed by atoms with E-state index in [0.717, 1.165) is 22.5 Å². The number of carbonyl (C=O) groups excluding carboxylic acids is 1. The highest BCUT2D eigenvalue weighted by Gasteiger charge is 2.44. The van der Waals surface area contributed by atoms with Crippen LogP contribution >= 0.6 is 11.3 Å². The number of hydrogen-bond donors (Lipinski definition) is 0. The van der Waals surface area contributed by atoms with E-state index in [0.29, 0.717) is 12.3 Å². The molecule has 2 aromatic heterocycles. The molecule has 5 heteroatoms. The lowest BCUT2D eigenvalue weighted by Gasteiger charge is -2.08. The van der Waals surface area contributed by atoms with E-state index in [1.807, 2.05) is 11.3 Å². The quantitative estimate of drug-likeness (QED) is 0.786. The molecule has 0 spiro atoms. The van der Waals surface area contributed by atoms with Crippen LogP contribution in [0.25, 0.3) is 4.83 Å². The summed E-state index contributed by atoms with van der Waals surface area (Å²) in [5.74, 6) is -0.236. The van der Waals surface area contributed by atoms with Crippen LogP contribution in [-0.2, 0) is 10.2 Å². The summed E-state index contributed by atoms with van der Waals surface area (Å²) in [4.78, 5) is 18.3.